The molecule has 9 heteroatoms. The average Bonchev–Trinajstić information content (AvgIpc) is 3.36. The molecule has 1 aromatic heterocycles. The van der Waals surface area contributed by atoms with Crippen molar-refractivity contribution in [3.05, 3.63) is 76.5 Å². The fraction of sp³-hybridized carbons (Fsp3) is 0.250. The van der Waals surface area contributed by atoms with E-state index in [1.54, 1.807) is 47.5 Å². The minimum Gasteiger partial charge on any atom is -0.306 e. The van der Waals surface area contributed by atoms with Gasteiger partial charge in [0.2, 0.25) is 11.8 Å². The van der Waals surface area contributed by atoms with Crippen LogP contribution in [-0.2, 0) is 16.0 Å². The Morgan fingerprint density at radius 1 is 1.18 bits per heavy atom. The van der Waals surface area contributed by atoms with Crippen LogP contribution < -0.4 is 10.2 Å². The predicted octanol–water partition coefficient (Wildman–Crippen LogP) is 3.81. The topological polar surface area (TPSA) is 82.6 Å². The molecule has 0 radical (unpaired) electrons. The molecule has 33 heavy (non-hydrogen) atoms. The van der Waals surface area contributed by atoms with Crippen LogP contribution >= 0.6 is 11.3 Å². The number of benzene rings is 2. The number of rotatable bonds is 5. The highest BCUT2D eigenvalue weighted by atomic mass is 32.1. The Labute approximate surface area is 193 Å². The molecule has 1 fully saturated rings. The van der Waals surface area contributed by atoms with Gasteiger partial charge in [0.1, 0.15) is 18.0 Å². The van der Waals surface area contributed by atoms with Gasteiger partial charge in [-0.15, -0.1) is 11.3 Å². The zero-order chi connectivity index (χ0) is 23.2. The summed E-state index contributed by atoms with van der Waals surface area (Å²) < 4.78 is 13.1. The van der Waals surface area contributed by atoms with E-state index in [4.69, 9.17) is 0 Å². The van der Waals surface area contributed by atoms with Crippen molar-refractivity contribution in [3.63, 3.8) is 0 Å². The normalized spacial score (nSPS) is 19.5. The van der Waals surface area contributed by atoms with Gasteiger partial charge in [0.05, 0.1) is 11.3 Å². The summed E-state index contributed by atoms with van der Waals surface area (Å²) in [6, 6.07) is 13.2. The third kappa shape index (κ3) is 3.78. The van der Waals surface area contributed by atoms with Crippen LogP contribution in [0, 0.1) is 5.82 Å². The van der Waals surface area contributed by atoms with E-state index in [1.165, 1.54) is 28.4 Å². The number of halogens is 1. The molecule has 0 saturated carbocycles. The van der Waals surface area contributed by atoms with Gasteiger partial charge < -0.3 is 10.2 Å². The maximum absolute atomic E-state index is 13.3. The quantitative estimate of drug-likeness (QED) is 0.623. The van der Waals surface area contributed by atoms with Crippen molar-refractivity contribution < 1.29 is 18.8 Å². The number of carbonyl (C=O) groups excluding carboxylic acids is 3. The lowest BCUT2D eigenvalue weighted by Gasteiger charge is -2.48. The highest BCUT2D eigenvalue weighted by molar-refractivity contribution is 7.15. The molecule has 1 unspecified atom stereocenters. The molecule has 3 aromatic rings. The standard InChI is InChI=1S/C24H21FN4O3S/c1-24-11-10-21(31)29(24)19-5-3-2-4-18(19)22(32)28(24)14-20(30)27-23-26-13-17(33-23)12-15-6-8-16(25)9-7-15/h2-9,13H,10-12,14H2,1H3,(H,26,27,30). The monoisotopic (exact) mass is 464 g/mol. The lowest BCUT2D eigenvalue weighted by atomic mass is 9.98. The van der Waals surface area contributed by atoms with Crippen molar-refractivity contribution in [1.82, 2.24) is 9.88 Å². The summed E-state index contributed by atoms with van der Waals surface area (Å²) in [5, 5.41) is 3.19. The molecular weight excluding hydrogens is 443 g/mol. The van der Waals surface area contributed by atoms with E-state index in [9.17, 15) is 18.8 Å². The van der Waals surface area contributed by atoms with Gasteiger partial charge in [-0.2, -0.15) is 0 Å². The fourth-order valence-electron chi connectivity index (χ4n) is 4.49. The number of thiazole rings is 1. The first-order chi connectivity index (χ1) is 15.8. The van der Waals surface area contributed by atoms with Crippen LogP contribution in [0.4, 0.5) is 15.2 Å². The Bertz CT molecular complexity index is 1260. The van der Waals surface area contributed by atoms with Gasteiger partial charge in [-0.1, -0.05) is 24.3 Å². The average molecular weight is 465 g/mol. The molecule has 1 N–H and O–H groups in total. The largest absolute Gasteiger partial charge is 0.306 e. The summed E-state index contributed by atoms with van der Waals surface area (Å²) in [5.74, 6) is -1.01. The summed E-state index contributed by atoms with van der Waals surface area (Å²) in [7, 11) is 0. The Hall–Kier alpha value is -3.59. The number of carbonyl (C=O) groups is 3. The summed E-state index contributed by atoms with van der Waals surface area (Å²) in [6.07, 6.45) is 3.02. The molecule has 0 spiro atoms. The highest BCUT2D eigenvalue weighted by Crippen LogP contribution is 2.43. The summed E-state index contributed by atoms with van der Waals surface area (Å²) in [4.78, 5) is 47.1. The van der Waals surface area contributed by atoms with Gasteiger partial charge in [0.15, 0.2) is 5.13 Å². The second-order valence-corrected chi connectivity index (χ2v) is 9.45. The van der Waals surface area contributed by atoms with E-state index in [2.05, 4.69) is 10.3 Å². The lowest BCUT2D eigenvalue weighted by molar-refractivity contribution is -0.120. The molecule has 1 saturated heterocycles. The maximum Gasteiger partial charge on any atom is 0.258 e. The van der Waals surface area contributed by atoms with Crippen LogP contribution in [0.15, 0.2) is 54.7 Å². The smallest absolute Gasteiger partial charge is 0.258 e. The second kappa shape index (κ2) is 8.08. The summed E-state index contributed by atoms with van der Waals surface area (Å²) in [5.41, 5.74) is 1.05. The zero-order valence-corrected chi connectivity index (χ0v) is 18.7. The number of amides is 3. The third-order valence-corrected chi connectivity index (χ3v) is 7.05. The molecule has 2 aliphatic rings. The number of para-hydroxylation sites is 1. The van der Waals surface area contributed by atoms with Crippen LogP contribution in [-0.4, -0.2) is 39.8 Å². The van der Waals surface area contributed by atoms with Crippen LogP contribution in [0.2, 0.25) is 0 Å². The van der Waals surface area contributed by atoms with Gasteiger partial charge >= 0.3 is 0 Å². The minimum absolute atomic E-state index is 0.0618. The van der Waals surface area contributed by atoms with Crippen LogP contribution in [0.25, 0.3) is 0 Å². The zero-order valence-electron chi connectivity index (χ0n) is 17.9. The van der Waals surface area contributed by atoms with Crippen LogP contribution in [0.5, 0.6) is 0 Å². The highest BCUT2D eigenvalue weighted by Gasteiger charge is 2.53. The summed E-state index contributed by atoms with van der Waals surface area (Å²) >= 11 is 1.33. The van der Waals surface area contributed by atoms with E-state index >= 15 is 0 Å². The van der Waals surface area contributed by atoms with Crippen molar-refractivity contribution in [1.29, 1.82) is 0 Å². The predicted molar refractivity (Wildman–Crippen MR) is 123 cm³/mol. The molecule has 2 aromatic carbocycles. The number of nitrogens with zero attached hydrogens (tertiary/aromatic N) is 3. The van der Waals surface area contributed by atoms with Crippen LogP contribution in [0.1, 0.15) is 40.6 Å². The summed E-state index contributed by atoms with van der Waals surface area (Å²) in [6.45, 7) is 1.63. The molecule has 3 amide bonds. The number of nitrogens with one attached hydrogen (secondary N) is 1. The molecule has 0 aliphatic carbocycles. The first-order valence-electron chi connectivity index (χ1n) is 10.6. The van der Waals surface area contributed by atoms with Gasteiger partial charge in [0, 0.05) is 23.9 Å². The molecular formula is C24H21FN4O3S. The fourth-order valence-corrected chi connectivity index (χ4v) is 5.36. The van der Waals surface area contributed by atoms with Gasteiger partial charge in [0.25, 0.3) is 5.91 Å². The Morgan fingerprint density at radius 3 is 2.73 bits per heavy atom. The third-order valence-electron chi connectivity index (χ3n) is 6.14. The SMILES string of the molecule is CC12CCC(=O)N1c1ccccc1C(=O)N2CC(=O)Nc1ncc(Cc2ccc(F)cc2)s1. The molecule has 3 heterocycles. The molecule has 1 atom stereocenters. The van der Waals surface area contributed by atoms with Crippen molar-refractivity contribution in [2.75, 3.05) is 16.8 Å². The lowest BCUT2D eigenvalue weighted by Crippen LogP contribution is -2.63. The van der Waals surface area contributed by atoms with Gasteiger partial charge in [-0.05, 0) is 43.2 Å². The van der Waals surface area contributed by atoms with Crippen molar-refractivity contribution in [3.8, 4) is 0 Å². The first kappa shape index (κ1) is 21.3. The molecule has 0 bridgehead atoms. The maximum atomic E-state index is 13.3. The van der Waals surface area contributed by atoms with E-state index < -0.39 is 5.66 Å². The second-order valence-electron chi connectivity index (χ2n) is 8.34. The van der Waals surface area contributed by atoms with Crippen LogP contribution in [0.3, 0.4) is 0 Å². The first-order valence-corrected chi connectivity index (χ1v) is 11.4. The Morgan fingerprint density at radius 2 is 1.94 bits per heavy atom. The van der Waals surface area contributed by atoms with Crippen molar-refractivity contribution >= 4 is 39.9 Å². The van der Waals surface area contributed by atoms with E-state index in [-0.39, 0.29) is 30.1 Å². The number of anilines is 2. The Kier molecular flexibility index (Phi) is 5.20. The number of aromatic nitrogens is 1. The Balaban J connectivity index is 1.32. The van der Waals surface area contributed by atoms with Gasteiger partial charge in [-0.25, -0.2) is 9.37 Å². The molecule has 2 aliphatic heterocycles. The number of fused-ring (bicyclic) bond motifs is 3. The van der Waals surface area contributed by atoms with Gasteiger partial charge in [-0.3, -0.25) is 19.3 Å². The minimum atomic E-state index is -0.892. The van der Waals surface area contributed by atoms with Crippen molar-refractivity contribution in [2.24, 2.45) is 0 Å². The van der Waals surface area contributed by atoms with E-state index in [0.717, 1.165) is 10.4 Å². The van der Waals surface area contributed by atoms with E-state index in [0.29, 0.717) is 35.6 Å². The van der Waals surface area contributed by atoms with E-state index in [1.807, 2.05) is 6.92 Å². The van der Waals surface area contributed by atoms with Crippen molar-refractivity contribution in [2.45, 2.75) is 31.8 Å². The number of hydrogen-bond donors (Lipinski definition) is 1. The molecule has 5 rings (SSSR count). The number of hydrogen-bond acceptors (Lipinski definition) is 5. The molecule has 168 valence electrons. The molecule has 7 nitrogen and oxygen atoms in total.